The maximum atomic E-state index is 12.0. The molecule has 0 saturated carbocycles. The summed E-state index contributed by atoms with van der Waals surface area (Å²) < 4.78 is 0. The molecule has 4 aromatic carbocycles. The molecule has 4 rings (SSSR count). The van der Waals surface area contributed by atoms with E-state index in [0.717, 1.165) is 33.6 Å². The number of hydrogen-bond acceptors (Lipinski definition) is 8. The van der Waals surface area contributed by atoms with Gasteiger partial charge in [-0.15, -0.1) is 0 Å². The number of benzene rings is 4. The molecule has 4 aromatic rings. The van der Waals surface area contributed by atoms with Crippen LogP contribution in [0, 0.1) is 13.8 Å². The fourth-order valence-electron chi connectivity index (χ4n) is 3.47. The van der Waals surface area contributed by atoms with Gasteiger partial charge < -0.3 is 32.3 Å². The number of carbonyl (C=O) groups is 2. The van der Waals surface area contributed by atoms with Crippen LogP contribution in [0.5, 0.6) is 0 Å². The van der Waals surface area contributed by atoms with Gasteiger partial charge >= 0.3 is 0 Å². The van der Waals surface area contributed by atoms with Crippen LogP contribution in [0.3, 0.4) is 0 Å². The van der Waals surface area contributed by atoms with Gasteiger partial charge in [-0.2, -0.15) is 10.2 Å². The SMILES string of the molecule is CCO.CCO.Cc1ccccc1NC(=O)CN.Cc1ccccc1NC(=O)CN=Nc1ccc(-c2ccc(N)c(Cl)c2)cc1Cl. The summed E-state index contributed by atoms with van der Waals surface area (Å²) in [6.45, 7) is 7.65. The molecule has 0 aliphatic rings. The summed E-state index contributed by atoms with van der Waals surface area (Å²) in [5, 5.41) is 29.6. The fourth-order valence-corrected chi connectivity index (χ4v) is 3.87. The van der Waals surface area contributed by atoms with Gasteiger partial charge in [0.2, 0.25) is 11.8 Å². The van der Waals surface area contributed by atoms with Gasteiger partial charge in [-0.25, -0.2) is 0 Å². The van der Waals surface area contributed by atoms with E-state index in [4.69, 9.17) is 44.9 Å². The lowest BCUT2D eigenvalue weighted by Gasteiger charge is -2.07. The molecule has 8 N–H and O–H groups in total. The molecule has 246 valence electrons. The van der Waals surface area contributed by atoms with Crippen LogP contribution in [-0.2, 0) is 9.59 Å². The Morgan fingerprint density at radius 3 is 1.65 bits per heavy atom. The van der Waals surface area contributed by atoms with E-state index in [1.54, 1.807) is 38.1 Å². The lowest BCUT2D eigenvalue weighted by Crippen LogP contribution is -2.22. The number of anilines is 3. The van der Waals surface area contributed by atoms with Crippen molar-refractivity contribution in [3.05, 3.63) is 106 Å². The van der Waals surface area contributed by atoms with E-state index >= 15 is 0 Å². The monoisotopic (exact) mass is 668 g/mol. The average molecular weight is 670 g/mol. The Bertz CT molecular complexity index is 1560. The second kappa shape index (κ2) is 22.2. The van der Waals surface area contributed by atoms with Crippen LogP contribution in [0.2, 0.25) is 10.0 Å². The zero-order valence-corrected chi connectivity index (χ0v) is 27.9. The highest BCUT2D eigenvalue weighted by atomic mass is 35.5. The molecule has 0 fully saturated rings. The van der Waals surface area contributed by atoms with Crippen molar-refractivity contribution in [2.45, 2.75) is 27.7 Å². The van der Waals surface area contributed by atoms with Gasteiger partial charge in [-0.1, -0.05) is 71.7 Å². The number of nitrogens with one attached hydrogen (secondary N) is 2. The topological polar surface area (TPSA) is 175 Å². The summed E-state index contributed by atoms with van der Waals surface area (Å²) in [6.07, 6.45) is 0. The summed E-state index contributed by atoms with van der Waals surface area (Å²) >= 11 is 12.4. The van der Waals surface area contributed by atoms with Crippen molar-refractivity contribution in [1.29, 1.82) is 0 Å². The minimum atomic E-state index is -0.248. The number of halogens is 2. The number of hydrogen-bond donors (Lipinski definition) is 6. The Hall–Kier alpha value is -4.32. The Kier molecular flexibility index (Phi) is 19.2. The summed E-state index contributed by atoms with van der Waals surface area (Å²) in [6, 6.07) is 25.9. The summed E-state index contributed by atoms with van der Waals surface area (Å²) in [4.78, 5) is 22.9. The largest absolute Gasteiger partial charge is 0.398 e. The number of carbonyl (C=O) groups excluding carboxylic acids is 2. The lowest BCUT2D eigenvalue weighted by molar-refractivity contribution is -0.115. The third-order valence-electron chi connectivity index (χ3n) is 5.70. The van der Waals surface area contributed by atoms with Crippen LogP contribution in [0.25, 0.3) is 11.1 Å². The van der Waals surface area contributed by atoms with Crippen molar-refractivity contribution in [2.24, 2.45) is 16.0 Å². The molecule has 0 aliphatic carbocycles. The molecule has 0 bridgehead atoms. The maximum absolute atomic E-state index is 12.0. The zero-order chi connectivity index (χ0) is 34.5. The maximum Gasteiger partial charge on any atom is 0.247 e. The van der Waals surface area contributed by atoms with E-state index in [9.17, 15) is 9.59 Å². The number of nitrogens with two attached hydrogens (primary N) is 2. The molecule has 10 nitrogen and oxygen atoms in total. The van der Waals surface area contributed by atoms with Crippen LogP contribution < -0.4 is 22.1 Å². The Morgan fingerprint density at radius 2 is 1.20 bits per heavy atom. The molecule has 46 heavy (non-hydrogen) atoms. The molecular formula is C34H42Cl2N6O4. The molecule has 0 spiro atoms. The average Bonchev–Trinajstić information content (AvgIpc) is 3.02. The molecule has 0 aliphatic heterocycles. The number of amides is 2. The summed E-state index contributed by atoms with van der Waals surface area (Å²) in [5.41, 5.74) is 17.3. The minimum absolute atomic E-state index is 0.0222. The molecule has 12 heteroatoms. The number of aliphatic hydroxyl groups is 2. The van der Waals surface area contributed by atoms with E-state index in [0.29, 0.717) is 21.4 Å². The smallest absolute Gasteiger partial charge is 0.247 e. The number of rotatable bonds is 7. The Balaban J connectivity index is 0.000000486. The van der Waals surface area contributed by atoms with Crippen molar-refractivity contribution in [1.82, 2.24) is 0 Å². The zero-order valence-electron chi connectivity index (χ0n) is 26.4. The van der Waals surface area contributed by atoms with Gasteiger partial charge in [0, 0.05) is 24.6 Å². The first kappa shape index (κ1) is 39.7. The number of aryl methyl sites for hydroxylation is 2. The molecule has 0 unspecified atom stereocenters. The lowest BCUT2D eigenvalue weighted by atomic mass is 10.1. The second-order valence-corrected chi connectivity index (χ2v) is 10.2. The van der Waals surface area contributed by atoms with Crippen LogP contribution in [0.15, 0.2) is 95.2 Å². The number of azo groups is 1. The number of nitrogen functional groups attached to an aromatic ring is 1. The van der Waals surface area contributed by atoms with E-state index in [2.05, 4.69) is 20.9 Å². The first-order chi connectivity index (χ1) is 22.0. The minimum Gasteiger partial charge on any atom is -0.398 e. The van der Waals surface area contributed by atoms with Gasteiger partial charge in [0.25, 0.3) is 0 Å². The van der Waals surface area contributed by atoms with Crippen molar-refractivity contribution in [3.63, 3.8) is 0 Å². The van der Waals surface area contributed by atoms with Crippen LogP contribution in [0.1, 0.15) is 25.0 Å². The van der Waals surface area contributed by atoms with Gasteiger partial charge in [-0.05, 0) is 86.3 Å². The second-order valence-electron chi connectivity index (χ2n) is 9.36. The van der Waals surface area contributed by atoms with Gasteiger partial charge in [0.15, 0.2) is 0 Å². The van der Waals surface area contributed by atoms with Crippen molar-refractivity contribution < 1.29 is 19.8 Å². The molecule has 2 amide bonds. The van der Waals surface area contributed by atoms with Gasteiger partial charge in [0.05, 0.1) is 22.3 Å². The normalized spacial score (nSPS) is 9.93. The summed E-state index contributed by atoms with van der Waals surface area (Å²) in [7, 11) is 0. The predicted octanol–water partition coefficient (Wildman–Crippen LogP) is 7.16. The third kappa shape index (κ3) is 14.6. The highest BCUT2D eigenvalue weighted by molar-refractivity contribution is 6.34. The Morgan fingerprint density at radius 1 is 0.739 bits per heavy atom. The van der Waals surface area contributed by atoms with E-state index in [1.165, 1.54) is 0 Å². The molecule has 0 saturated heterocycles. The number of para-hydroxylation sites is 2. The molecule has 0 radical (unpaired) electrons. The van der Waals surface area contributed by atoms with E-state index in [-0.39, 0.29) is 38.1 Å². The first-order valence-electron chi connectivity index (χ1n) is 14.4. The van der Waals surface area contributed by atoms with Crippen molar-refractivity contribution in [3.8, 4) is 11.1 Å². The molecular weight excluding hydrogens is 627 g/mol. The van der Waals surface area contributed by atoms with Crippen LogP contribution in [0.4, 0.5) is 22.7 Å². The quantitative estimate of drug-likeness (QED) is 0.0899. The van der Waals surface area contributed by atoms with Crippen LogP contribution in [-0.4, -0.2) is 48.3 Å². The van der Waals surface area contributed by atoms with Crippen molar-refractivity contribution in [2.75, 3.05) is 42.7 Å². The molecule has 0 aromatic heterocycles. The molecule has 0 heterocycles. The first-order valence-corrected chi connectivity index (χ1v) is 15.1. The summed E-state index contributed by atoms with van der Waals surface area (Å²) in [5.74, 6) is -0.411. The molecule has 0 atom stereocenters. The van der Waals surface area contributed by atoms with Crippen molar-refractivity contribution >= 4 is 57.8 Å². The third-order valence-corrected chi connectivity index (χ3v) is 6.33. The fraction of sp³-hybridized carbons (Fsp3) is 0.235. The Labute approximate surface area is 280 Å². The highest BCUT2D eigenvalue weighted by Crippen LogP contribution is 2.33. The van der Waals surface area contributed by atoms with E-state index in [1.807, 2.05) is 74.5 Å². The van der Waals surface area contributed by atoms with Crippen LogP contribution >= 0.6 is 23.2 Å². The van der Waals surface area contributed by atoms with Gasteiger partial charge in [-0.3, -0.25) is 9.59 Å². The number of nitrogens with zero attached hydrogens (tertiary/aromatic N) is 2. The van der Waals surface area contributed by atoms with Gasteiger partial charge in [0.1, 0.15) is 12.2 Å². The predicted molar refractivity (Wildman–Crippen MR) is 190 cm³/mol. The number of aliphatic hydroxyl groups excluding tert-OH is 2. The highest BCUT2D eigenvalue weighted by Gasteiger charge is 2.07. The standard InChI is InChI=1S/C21H18Cl2N4O.C9H12N2O.2C2H6O/c1-13-4-2-3-5-19(13)26-21(28)12-25-27-20-9-7-15(11-17(20)23)14-6-8-18(24)16(22)10-14;1-7-4-2-3-5-8(7)11-9(12)6-10;2*1-2-3/h2-11H,12,24H2,1H3,(H,26,28);2-5H,6,10H2,1H3,(H,11,12);2*3H,2H2,1H3. The van der Waals surface area contributed by atoms with E-state index < -0.39 is 0 Å².